The van der Waals surface area contributed by atoms with Crippen LogP contribution in [0.25, 0.3) is 16.8 Å². The molecule has 4 nitrogen and oxygen atoms in total. The molecule has 0 aliphatic rings. The van der Waals surface area contributed by atoms with E-state index in [1.165, 1.54) is 0 Å². The Morgan fingerprint density at radius 3 is 2.41 bits per heavy atom. The van der Waals surface area contributed by atoms with Crippen molar-refractivity contribution >= 4 is 28.7 Å². The van der Waals surface area contributed by atoms with Crippen molar-refractivity contribution < 1.29 is 9.59 Å². The molecule has 3 aromatic carbocycles. The van der Waals surface area contributed by atoms with E-state index in [0.29, 0.717) is 12.1 Å². The fraction of sp³-hybridized carbons (Fsp3) is 0.130. The third-order valence-corrected chi connectivity index (χ3v) is 4.47. The molecular weight excluding hydrogens is 336 g/mol. The van der Waals surface area contributed by atoms with Crippen LogP contribution in [0.2, 0.25) is 0 Å². The summed E-state index contributed by atoms with van der Waals surface area (Å²) in [5.41, 5.74) is 2.59. The van der Waals surface area contributed by atoms with Crippen LogP contribution in [0.3, 0.4) is 0 Å². The summed E-state index contributed by atoms with van der Waals surface area (Å²) in [5, 5.41) is 4.86. The number of carbonyl (C=O) groups is 2. The number of benzene rings is 3. The number of likely N-dealkylation sites (N-methyl/N-ethyl adjacent to an activating group) is 1. The lowest BCUT2D eigenvalue weighted by atomic mass is 10.0. The minimum absolute atomic E-state index is 0.0710. The maximum atomic E-state index is 12.5. The molecular formula is C23H22N2O2. The molecule has 136 valence electrons. The van der Waals surface area contributed by atoms with Crippen LogP contribution in [0.5, 0.6) is 0 Å². The average molecular weight is 358 g/mol. The van der Waals surface area contributed by atoms with E-state index in [2.05, 4.69) is 23.5 Å². The van der Waals surface area contributed by atoms with Crippen molar-refractivity contribution in [3.8, 4) is 0 Å². The molecule has 0 bridgehead atoms. The van der Waals surface area contributed by atoms with Crippen molar-refractivity contribution in [2.75, 3.05) is 14.1 Å². The number of fused-ring (bicyclic) bond motifs is 1. The van der Waals surface area contributed by atoms with Crippen molar-refractivity contribution in [1.82, 2.24) is 10.2 Å². The molecule has 0 spiro atoms. The first-order valence-corrected chi connectivity index (χ1v) is 8.80. The van der Waals surface area contributed by atoms with Gasteiger partial charge in [0.25, 0.3) is 5.91 Å². The highest BCUT2D eigenvalue weighted by molar-refractivity contribution is 5.96. The van der Waals surface area contributed by atoms with Gasteiger partial charge in [0.1, 0.15) is 0 Å². The number of nitrogens with one attached hydrogen (secondary N) is 1. The molecule has 0 heterocycles. The number of amides is 2. The normalized spacial score (nSPS) is 10.9. The molecule has 0 fully saturated rings. The Bertz CT molecular complexity index is 985. The summed E-state index contributed by atoms with van der Waals surface area (Å²) in [6.07, 6.45) is 3.45. The van der Waals surface area contributed by atoms with Crippen LogP contribution < -0.4 is 5.32 Å². The van der Waals surface area contributed by atoms with Gasteiger partial charge in [-0.2, -0.15) is 0 Å². The molecule has 27 heavy (non-hydrogen) atoms. The molecule has 0 saturated heterocycles. The monoisotopic (exact) mass is 358 g/mol. The molecule has 2 amide bonds. The fourth-order valence-electron chi connectivity index (χ4n) is 2.94. The lowest BCUT2D eigenvalue weighted by molar-refractivity contribution is -0.125. The Morgan fingerprint density at radius 2 is 1.67 bits per heavy atom. The molecule has 0 aromatic heterocycles. The third kappa shape index (κ3) is 4.42. The van der Waals surface area contributed by atoms with Crippen molar-refractivity contribution in [1.29, 1.82) is 0 Å². The Hall–Kier alpha value is -3.40. The molecule has 4 heteroatoms. The van der Waals surface area contributed by atoms with Crippen LogP contribution in [0.4, 0.5) is 0 Å². The van der Waals surface area contributed by atoms with E-state index in [4.69, 9.17) is 0 Å². The summed E-state index contributed by atoms with van der Waals surface area (Å²) >= 11 is 0. The summed E-state index contributed by atoms with van der Waals surface area (Å²) in [6.45, 7) is 0.479. The number of hydrogen-bond donors (Lipinski definition) is 1. The van der Waals surface area contributed by atoms with Crippen LogP contribution >= 0.6 is 0 Å². The summed E-state index contributed by atoms with van der Waals surface area (Å²) in [4.78, 5) is 25.7. The van der Waals surface area contributed by atoms with Gasteiger partial charge in [0.2, 0.25) is 5.91 Å². The van der Waals surface area contributed by atoms with Gasteiger partial charge in [-0.3, -0.25) is 9.59 Å². The van der Waals surface area contributed by atoms with E-state index in [0.717, 1.165) is 21.9 Å². The number of rotatable bonds is 5. The topological polar surface area (TPSA) is 49.4 Å². The Morgan fingerprint density at radius 1 is 0.963 bits per heavy atom. The van der Waals surface area contributed by atoms with E-state index in [9.17, 15) is 9.59 Å². The second kappa shape index (κ2) is 8.32. The summed E-state index contributed by atoms with van der Waals surface area (Å²) in [6, 6.07) is 21.4. The third-order valence-electron chi connectivity index (χ3n) is 4.47. The van der Waals surface area contributed by atoms with Gasteiger partial charge in [-0.15, -0.1) is 0 Å². The highest BCUT2D eigenvalue weighted by Gasteiger charge is 2.08. The van der Waals surface area contributed by atoms with Crippen LogP contribution in [-0.2, 0) is 11.3 Å². The quantitative estimate of drug-likeness (QED) is 0.704. The lowest BCUT2D eigenvalue weighted by Gasteiger charge is -2.15. The smallest absolute Gasteiger partial charge is 0.251 e. The number of nitrogens with zero attached hydrogens (tertiary/aromatic N) is 1. The van der Waals surface area contributed by atoms with Gasteiger partial charge < -0.3 is 10.2 Å². The first-order valence-electron chi connectivity index (χ1n) is 8.80. The second-order valence-corrected chi connectivity index (χ2v) is 6.37. The van der Waals surface area contributed by atoms with Crippen molar-refractivity contribution in [2.45, 2.75) is 6.54 Å². The highest BCUT2D eigenvalue weighted by atomic mass is 16.2. The minimum Gasteiger partial charge on any atom is -0.355 e. The van der Waals surface area contributed by atoms with Crippen LogP contribution in [0.15, 0.2) is 72.8 Å². The van der Waals surface area contributed by atoms with Gasteiger partial charge >= 0.3 is 0 Å². The molecule has 1 N–H and O–H groups in total. The second-order valence-electron chi connectivity index (χ2n) is 6.37. The number of carbonyl (C=O) groups excluding carboxylic acids is 2. The molecule has 3 aromatic rings. The highest BCUT2D eigenvalue weighted by Crippen LogP contribution is 2.19. The Kier molecular flexibility index (Phi) is 5.67. The van der Waals surface area contributed by atoms with E-state index in [1.54, 1.807) is 37.2 Å². The molecule has 3 rings (SSSR count). The largest absolute Gasteiger partial charge is 0.355 e. The zero-order valence-corrected chi connectivity index (χ0v) is 15.5. The molecule has 0 radical (unpaired) electrons. The van der Waals surface area contributed by atoms with Crippen molar-refractivity contribution in [3.63, 3.8) is 0 Å². The standard InChI is InChI=1S/C23H22N2O2/c1-24-23(27)20-12-10-17(11-13-20)16-25(2)22(26)15-14-19-8-5-7-18-6-3-4-9-21(18)19/h3-15H,16H2,1-2H3,(H,24,27)/b15-14+. The van der Waals surface area contributed by atoms with Gasteiger partial charge in [-0.25, -0.2) is 0 Å². The molecule has 0 aliphatic carbocycles. The summed E-state index contributed by atoms with van der Waals surface area (Å²) < 4.78 is 0. The van der Waals surface area contributed by atoms with E-state index < -0.39 is 0 Å². The minimum atomic E-state index is -0.121. The van der Waals surface area contributed by atoms with Crippen molar-refractivity contribution in [3.05, 3.63) is 89.5 Å². The zero-order chi connectivity index (χ0) is 19.2. The predicted molar refractivity (Wildman–Crippen MR) is 109 cm³/mol. The van der Waals surface area contributed by atoms with Gasteiger partial charge in [-0.1, -0.05) is 54.6 Å². The summed E-state index contributed by atoms with van der Waals surface area (Å²) in [7, 11) is 3.37. The Labute approximate surface area is 159 Å². The first kappa shape index (κ1) is 18.4. The van der Waals surface area contributed by atoms with Gasteiger partial charge in [-0.05, 0) is 40.1 Å². The molecule has 0 aliphatic heterocycles. The molecule has 0 saturated carbocycles. The van der Waals surface area contributed by atoms with E-state index in [1.807, 2.05) is 42.5 Å². The number of hydrogen-bond acceptors (Lipinski definition) is 2. The summed E-state index contributed by atoms with van der Waals surface area (Å²) in [5.74, 6) is -0.192. The SMILES string of the molecule is CNC(=O)c1ccc(CN(C)C(=O)/C=C/c2cccc3ccccc23)cc1. The first-order chi connectivity index (χ1) is 13.1. The average Bonchev–Trinajstić information content (AvgIpc) is 2.71. The fourth-order valence-corrected chi connectivity index (χ4v) is 2.94. The van der Waals surface area contributed by atoms with Gasteiger partial charge in [0.05, 0.1) is 0 Å². The van der Waals surface area contributed by atoms with E-state index in [-0.39, 0.29) is 11.8 Å². The zero-order valence-electron chi connectivity index (χ0n) is 15.5. The van der Waals surface area contributed by atoms with Crippen molar-refractivity contribution in [2.24, 2.45) is 0 Å². The van der Waals surface area contributed by atoms with Gasteiger partial charge in [0, 0.05) is 32.3 Å². The van der Waals surface area contributed by atoms with Crippen LogP contribution in [-0.4, -0.2) is 30.8 Å². The van der Waals surface area contributed by atoms with Crippen LogP contribution in [0, 0.1) is 0 Å². The van der Waals surface area contributed by atoms with Crippen LogP contribution in [0.1, 0.15) is 21.5 Å². The molecule has 0 unspecified atom stereocenters. The maximum absolute atomic E-state index is 12.5. The predicted octanol–water partition coefficient (Wildman–Crippen LogP) is 3.87. The van der Waals surface area contributed by atoms with E-state index >= 15 is 0 Å². The Balaban J connectivity index is 1.68. The maximum Gasteiger partial charge on any atom is 0.251 e. The molecule has 0 atom stereocenters. The lowest BCUT2D eigenvalue weighted by Crippen LogP contribution is -2.24. The van der Waals surface area contributed by atoms with Gasteiger partial charge in [0.15, 0.2) is 0 Å².